The minimum atomic E-state index is 0.904. The highest BCUT2D eigenvalue weighted by Crippen LogP contribution is 2.33. The number of rotatable bonds is 2. The van der Waals surface area contributed by atoms with Crippen LogP contribution in [0.15, 0.2) is 23.3 Å². The van der Waals surface area contributed by atoms with Crippen molar-refractivity contribution in [2.24, 2.45) is 5.92 Å². The second-order valence-corrected chi connectivity index (χ2v) is 4.75. The molecule has 0 atom stereocenters. The van der Waals surface area contributed by atoms with Gasteiger partial charge in [-0.2, -0.15) is 0 Å². The lowest BCUT2D eigenvalue weighted by molar-refractivity contribution is 0.540. The van der Waals surface area contributed by atoms with Gasteiger partial charge in [-0.3, -0.25) is 0 Å². The number of allylic oxidation sites excluding steroid dienone is 4. The van der Waals surface area contributed by atoms with Crippen LogP contribution in [-0.2, 0) is 0 Å². The summed E-state index contributed by atoms with van der Waals surface area (Å²) in [5, 5.41) is 0. The predicted octanol–water partition coefficient (Wildman–Crippen LogP) is 4.62. The van der Waals surface area contributed by atoms with Crippen molar-refractivity contribution in [1.29, 1.82) is 0 Å². The van der Waals surface area contributed by atoms with Crippen LogP contribution >= 0.6 is 0 Å². The van der Waals surface area contributed by atoms with E-state index >= 15 is 0 Å². The Labute approximate surface area is 88.1 Å². The molecule has 78 valence electrons. The van der Waals surface area contributed by atoms with E-state index in [-0.39, 0.29) is 0 Å². The molecular formula is C14H22. The van der Waals surface area contributed by atoms with Gasteiger partial charge in [0.15, 0.2) is 0 Å². The molecule has 1 saturated carbocycles. The normalized spacial score (nSPS) is 24.4. The zero-order valence-electron chi connectivity index (χ0n) is 9.39. The maximum absolute atomic E-state index is 2.48. The van der Waals surface area contributed by atoms with E-state index in [1.807, 2.05) is 0 Å². The van der Waals surface area contributed by atoms with E-state index in [2.05, 4.69) is 19.1 Å². The first-order valence-electron chi connectivity index (χ1n) is 6.29. The first-order chi connectivity index (χ1) is 6.90. The van der Waals surface area contributed by atoms with Gasteiger partial charge in [0.2, 0.25) is 0 Å². The summed E-state index contributed by atoms with van der Waals surface area (Å²) in [5.41, 5.74) is 3.31. The summed E-state index contributed by atoms with van der Waals surface area (Å²) in [7, 11) is 0. The molecule has 2 rings (SSSR count). The molecule has 0 heteroatoms. The van der Waals surface area contributed by atoms with Gasteiger partial charge in [-0.05, 0) is 37.2 Å². The lowest BCUT2D eigenvalue weighted by Crippen LogP contribution is -1.99. The van der Waals surface area contributed by atoms with Gasteiger partial charge in [0, 0.05) is 0 Å². The zero-order valence-corrected chi connectivity index (χ0v) is 9.39. The Morgan fingerprint density at radius 3 is 2.43 bits per heavy atom. The van der Waals surface area contributed by atoms with Crippen molar-refractivity contribution in [2.75, 3.05) is 0 Å². The molecule has 0 nitrogen and oxygen atoms in total. The van der Waals surface area contributed by atoms with Crippen LogP contribution in [0.3, 0.4) is 0 Å². The smallest absolute Gasteiger partial charge is 0.0130 e. The van der Waals surface area contributed by atoms with E-state index < -0.39 is 0 Å². The van der Waals surface area contributed by atoms with Crippen molar-refractivity contribution < 1.29 is 0 Å². The van der Waals surface area contributed by atoms with E-state index in [0.717, 1.165) is 5.92 Å². The maximum atomic E-state index is 2.48. The van der Waals surface area contributed by atoms with E-state index in [4.69, 9.17) is 0 Å². The summed E-state index contributed by atoms with van der Waals surface area (Å²) in [4.78, 5) is 0. The van der Waals surface area contributed by atoms with E-state index in [1.165, 1.54) is 51.4 Å². The Kier molecular flexibility index (Phi) is 3.44. The Bertz CT molecular complexity index is 237. The molecule has 14 heavy (non-hydrogen) atoms. The number of hydrogen-bond donors (Lipinski definition) is 0. The molecular weight excluding hydrogens is 168 g/mol. The van der Waals surface area contributed by atoms with Crippen LogP contribution in [0.2, 0.25) is 0 Å². The van der Waals surface area contributed by atoms with Crippen LogP contribution in [-0.4, -0.2) is 0 Å². The molecule has 1 fully saturated rings. The fourth-order valence-electron chi connectivity index (χ4n) is 2.75. The zero-order chi connectivity index (χ0) is 9.80. The van der Waals surface area contributed by atoms with Crippen LogP contribution in [0.4, 0.5) is 0 Å². The Morgan fingerprint density at radius 1 is 1.14 bits per heavy atom. The largest absolute Gasteiger partial charge is 0.0770 e. The molecule has 0 bridgehead atoms. The SMILES string of the molecule is CCC1=CC(C2CCCCCC2)=CC1. The Hall–Kier alpha value is -0.520. The second kappa shape index (κ2) is 4.82. The molecule has 0 aromatic carbocycles. The van der Waals surface area contributed by atoms with Gasteiger partial charge in [0.1, 0.15) is 0 Å². The fourth-order valence-corrected chi connectivity index (χ4v) is 2.75. The molecule has 2 aliphatic rings. The van der Waals surface area contributed by atoms with E-state index in [0.29, 0.717) is 0 Å². The van der Waals surface area contributed by atoms with Gasteiger partial charge in [-0.1, -0.05) is 50.3 Å². The van der Waals surface area contributed by atoms with Crippen molar-refractivity contribution in [3.63, 3.8) is 0 Å². The van der Waals surface area contributed by atoms with Crippen LogP contribution in [0.25, 0.3) is 0 Å². The van der Waals surface area contributed by atoms with Crippen molar-refractivity contribution in [1.82, 2.24) is 0 Å². The molecule has 0 aromatic rings. The minimum Gasteiger partial charge on any atom is -0.0770 e. The molecule has 0 aliphatic heterocycles. The molecule has 0 N–H and O–H groups in total. The third-order valence-corrected chi connectivity index (χ3v) is 3.75. The number of hydrogen-bond acceptors (Lipinski definition) is 0. The summed E-state index contributed by atoms with van der Waals surface area (Å²) in [6.07, 6.45) is 16.2. The lowest BCUT2D eigenvalue weighted by Gasteiger charge is -2.13. The molecule has 2 aliphatic carbocycles. The summed E-state index contributed by atoms with van der Waals surface area (Å²) in [5.74, 6) is 0.904. The van der Waals surface area contributed by atoms with Gasteiger partial charge >= 0.3 is 0 Å². The lowest BCUT2D eigenvalue weighted by atomic mass is 9.92. The fraction of sp³-hybridized carbons (Fsp3) is 0.714. The van der Waals surface area contributed by atoms with Crippen molar-refractivity contribution in [3.05, 3.63) is 23.3 Å². The van der Waals surface area contributed by atoms with Crippen LogP contribution in [0.5, 0.6) is 0 Å². The highest BCUT2D eigenvalue weighted by Gasteiger charge is 2.17. The summed E-state index contributed by atoms with van der Waals surface area (Å²) >= 11 is 0. The van der Waals surface area contributed by atoms with Gasteiger partial charge in [0.05, 0.1) is 0 Å². The minimum absolute atomic E-state index is 0.904. The molecule has 0 aromatic heterocycles. The molecule has 0 saturated heterocycles. The van der Waals surface area contributed by atoms with Gasteiger partial charge in [0.25, 0.3) is 0 Å². The highest BCUT2D eigenvalue weighted by molar-refractivity contribution is 5.34. The summed E-state index contributed by atoms with van der Waals surface area (Å²) < 4.78 is 0. The van der Waals surface area contributed by atoms with Crippen molar-refractivity contribution in [3.8, 4) is 0 Å². The predicted molar refractivity (Wildman–Crippen MR) is 62.3 cm³/mol. The van der Waals surface area contributed by atoms with Crippen LogP contribution in [0, 0.1) is 5.92 Å². The average Bonchev–Trinajstić information content (AvgIpc) is 2.53. The first kappa shape index (κ1) is 10.0. The maximum Gasteiger partial charge on any atom is -0.0130 e. The monoisotopic (exact) mass is 190 g/mol. The summed E-state index contributed by atoms with van der Waals surface area (Å²) in [6, 6.07) is 0. The third-order valence-electron chi connectivity index (χ3n) is 3.75. The van der Waals surface area contributed by atoms with E-state index in [1.54, 1.807) is 11.1 Å². The molecule has 0 radical (unpaired) electrons. The van der Waals surface area contributed by atoms with Gasteiger partial charge < -0.3 is 0 Å². The van der Waals surface area contributed by atoms with Gasteiger partial charge in [-0.15, -0.1) is 0 Å². The topological polar surface area (TPSA) is 0 Å². The molecule has 0 heterocycles. The quantitative estimate of drug-likeness (QED) is 0.557. The summed E-state index contributed by atoms with van der Waals surface area (Å²) in [6.45, 7) is 2.27. The second-order valence-electron chi connectivity index (χ2n) is 4.75. The first-order valence-corrected chi connectivity index (χ1v) is 6.29. The highest BCUT2D eigenvalue weighted by atomic mass is 14.2. The van der Waals surface area contributed by atoms with Crippen molar-refractivity contribution in [2.45, 2.75) is 58.3 Å². The van der Waals surface area contributed by atoms with Crippen molar-refractivity contribution >= 4 is 0 Å². The Morgan fingerprint density at radius 2 is 1.86 bits per heavy atom. The van der Waals surface area contributed by atoms with E-state index in [9.17, 15) is 0 Å². The Balaban J connectivity index is 1.97. The standard InChI is InChI=1S/C14H22/c1-2-12-9-10-14(11-12)13-7-5-3-4-6-8-13/h10-11,13H,2-9H2,1H3. The molecule has 0 amide bonds. The third kappa shape index (κ3) is 2.29. The van der Waals surface area contributed by atoms with Crippen LogP contribution < -0.4 is 0 Å². The van der Waals surface area contributed by atoms with Crippen LogP contribution in [0.1, 0.15) is 58.3 Å². The molecule has 0 unspecified atom stereocenters. The average molecular weight is 190 g/mol. The molecule has 0 spiro atoms. The van der Waals surface area contributed by atoms with Gasteiger partial charge in [-0.25, -0.2) is 0 Å².